The molecule has 11 heteroatoms. The van der Waals surface area contributed by atoms with Gasteiger partial charge in [0.05, 0.1) is 11.4 Å². The maximum absolute atomic E-state index is 13.2. The zero-order valence-electron chi connectivity index (χ0n) is 21.6. The number of piperazine rings is 1. The van der Waals surface area contributed by atoms with Gasteiger partial charge in [0.15, 0.2) is 11.0 Å². The minimum absolute atomic E-state index is 0.00562. The van der Waals surface area contributed by atoms with E-state index in [-0.39, 0.29) is 5.91 Å². The van der Waals surface area contributed by atoms with E-state index in [1.165, 1.54) is 28.7 Å². The number of hydrogen-bond acceptors (Lipinski definition) is 8. The Balaban J connectivity index is 1.12. The molecule has 1 saturated heterocycles. The molecule has 0 aliphatic carbocycles. The lowest BCUT2D eigenvalue weighted by Gasteiger charge is -2.34. The molecule has 1 amide bonds. The van der Waals surface area contributed by atoms with E-state index >= 15 is 0 Å². The molecule has 1 fully saturated rings. The molecule has 1 aliphatic heterocycles. The molecule has 0 radical (unpaired) electrons. The number of carbonyl (C=O) groups excluding carboxylic acids is 1. The topological polar surface area (TPSA) is 80.0 Å². The summed E-state index contributed by atoms with van der Waals surface area (Å²) in [6.07, 6.45) is 3.47. The lowest BCUT2D eigenvalue weighted by molar-refractivity contribution is 0.0623. The fourth-order valence-corrected chi connectivity index (χ4v) is 6.54. The van der Waals surface area contributed by atoms with E-state index in [2.05, 4.69) is 49.3 Å². The average Bonchev–Trinajstić information content (AvgIpc) is 3.65. The lowest BCUT2D eigenvalue weighted by atomic mass is 10.2. The number of carbonyl (C=O) groups is 1. The quantitative estimate of drug-likeness (QED) is 0.216. The molecule has 5 aromatic rings. The first kappa shape index (κ1) is 26.6. The fourth-order valence-electron chi connectivity index (χ4n) is 4.61. The van der Waals surface area contributed by atoms with E-state index in [9.17, 15) is 4.79 Å². The van der Waals surface area contributed by atoms with Crippen molar-refractivity contribution in [2.75, 3.05) is 26.2 Å². The van der Waals surface area contributed by atoms with Gasteiger partial charge in [0.25, 0.3) is 5.91 Å². The molecule has 40 heavy (non-hydrogen) atoms. The standard InChI is InChI=1S/C29H26ClN7OS2/c30-23-7-4-8-24(17-23)37-27(22-9-11-31-12-10-22)33-34-29(37)40-20-26-32-25(19-39-26)28(38)36-15-13-35(14-16-36)18-21-5-2-1-3-6-21/h1-12,17,19H,13-16,18,20H2. The zero-order valence-corrected chi connectivity index (χ0v) is 23.9. The third-order valence-corrected chi connectivity index (χ3v) is 8.85. The Morgan fingerprint density at radius 2 is 1.75 bits per heavy atom. The highest BCUT2D eigenvalue weighted by atomic mass is 35.5. The molecule has 0 unspecified atom stereocenters. The zero-order chi connectivity index (χ0) is 27.3. The van der Waals surface area contributed by atoms with Crippen LogP contribution in [0.25, 0.3) is 17.1 Å². The minimum atomic E-state index is -0.00562. The van der Waals surface area contributed by atoms with E-state index in [0.717, 1.165) is 35.9 Å². The highest BCUT2D eigenvalue weighted by molar-refractivity contribution is 7.98. The molecular formula is C29H26ClN7OS2. The highest BCUT2D eigenvalue weighted by Gasteiger charge is 2.24. The molecule has 0 N–H and O–H groups in total. The van der Waals surface area contributed by atoms with Crippen LogP contribution in [0.2, 0.25) is 5.02 Å². The van der Waals surface area contributed by atoms with Crippen molar-refractivity contribution in [2.45, 2.75) is 17.5 Å². The number of halogens is 1. The molecule has 1 aliphatic rings. The summed E-state index contributed by atoms with van der Waals surface area (Å²) in [5.74, 6) is 1.26. The minimum Gasteiger partial charge on any atom is -0.335 e. The molecular weight excluding hydrogens is 562 g/mol. The second kappa shape index (κ2) is 12.3. The first-order valence-electron chi connectivity index (χ1n) is 12.9. The molecule has 3 aromatic heterocycles. The molecule has 6 rings (SSSR count). The van der Waals surface area contributed by atoms with E-state index in [1.54, 1.807) is 12.4 Å². The first-order chi connectivity index (χ1) is 19.6. The number of hydrogen-bond donors (Lipinski definition) is 0. The fraction of sp³-hybridized carbons (Fsp3) is 0.207. The summed E-state index contributed by atoms with van der Waals surface area (Å²) >= 11 is 9.33. The van der Waals surface area contributed by atoms with Gasteiger partial charge in [0, 0.05) is 61.1 Å². The van der Waals surface area contributed by atoms with Crippen molar-refractivity contribution >= 4 is 40.6 Å². The van der Waals surface area contributed by atoms with Crippen LogP contribution in [-0.4, -0.2) is 66.6 Å². The number of amides is 1. The SMILES string of the molecule is O=C(c1csc(CSc2nnc(-c3ccncc3)n2-c2cccc(Cl)c2)n1)N1CCN(Cc2ccccc2)CC1. The average molecular weight is 588 g/mol. The molecule has 2 aromatic carbocycles. The summed E-state index contributed by atoms with van der Waals surface area (Å²) in [5.41, 5.74) is 3.57. The number of rotatable bonds is 8. The van der Waals surface area contributed by atoms with Crippen LogP contribution in [0.4, 0.5) is 0 Å². The molecule has 0 atom stereocenters. The predicted octanol–water partition coefficient (Wildman–Crippen LogP) is 5.69. The van der Waals surface area contributed by atoms with Gasteiger partial charge in [0.1, 0.15) is 10.7 Å². The van der Waals surface area contributed by atoms with Gasteiger partial charge < -0.3 is 4.90 Å². The smallest absolute Gasteiger partial charge is 0.273 e. The lowest BCUT2D eigenvalue weighted by Crippen LogP contribution is -2.48. The maximum atomic E-state index is 13.2. The summed E-state index contributed by atoms with van der Waals surface area (Å²) in [6, 6.07) is 21.9. The summed E-state index contributed by atoms with van der Waals surface area (Å²) in [5, 5.41) is 13.0. The van der Waals surface area contributed by atoms with Gasteiger partial charge in [-0.15, -0.1) is 21.5 Å². The monoisotopic (exact) mass is 587 g/mol. The van der Waals surface area contributed by atoms with Crippen molar-refractivity contribution in [3.63, 3.8) is 0 Å². The molecule has 202 valence electrons. The predicted molar refractivity (Wildman–Crippen MR) is 159 cm³/mol. The van der Waals surface area contributed by atoms with Crippen LogP contribution < -0.4 is 0 Å². The van der Waals surface area contributed by atoms with Gasteiger partial charge in [-0.05, 0) is 35.9 Å². The Morgan fingerprint density at radius 3 is 2.52 bits per heavy atom. The number of aromatic nitrogens is 5. The van der Waals surface area contributed by atoms with Gasteiger partial charge in [0.2, 0.25) is 0 Å². The normalized spacial score (nSPS) is 14.0. The number of thioether (sulfide) groups is 1. The number of thiazole rings is 1. The number of nitrogens with zero attached hydrogens (tertiary/aromatic N) is 7. The highest BCUT2D eigenvalue weighted by Crippen LogP contribution is 2.31. The second-order valence-electron chi connectivity index (χ2n) is 9.33. The van der Waals surface area contributed by atoms with E-state index < -0.39 is 0 Å². The van der Waals surface area contributed by atoms with Crippen molar-refractivity contribution in [1.29, 1.82) is 0 Å². The van der Waals surface area contributed by atoms with E-state index in [1.807, 2.05) is 57.3 Å². The van der Waals surface area contributed by atoms with Crippen molar-refractivity contribution in [3.8, 4) is 17.1 Å². The molecule has 0 bridgehead atoms. The van der Waals surface area contributed by atoms with Crippen molar-refractivity contribution in [1.82, 2.24) is 34.5 Å². The van der Waals surface area contributed by atoms with Crippen LogP contribution in [0.3, 0.4) is 0 Å². The Morgan fingerprint density at radius 1 is 0.950 bits per heavy atom. The summed E-state index contributed by atoms with van der Waals surface area (Å²) in [7, 11) is 0. The molecule has 4 heterocycles. The van der Waals surface area contributed by atoms with Gasteiger partial charge in [-0.2, -0.15) is 0 Å². The van der Waals surface area contributed by atoms with Crippen LogP contribution in [-0.2, 0) is 12.3 Å². The summed E-state index contributed by atoms with van der Waals surface area (Å²) < 4.78 is 1.99. The van der Waals surface area contributed by atoms with Crippen LogP contribution >= 0.6 is 34.7 Å². The molecule has 8 nitrogen and oxygen atoms in total. The van der Waals surface area contributed by atoms with Crippen LogP contribution in [0, 0.1) is 0 Å². The van der Waals surface area contributed by atoms with Crippen molar-refractivity contribution in [3.05, 3.63) is 106 Å². The molecule has 0 spiro atoms. The van der Waals surface area contributed by atoms with Crippen molar-refractivity contribution < 1.29 is 4.79 Å². The van der Waals surface area contributed by atoms with Gasteiger partial charge >= 0.3 is 0 Å². The second-order valence-corrected chi connectivity index (χ2v) is 11.6. The van der Waals surface area contributed by atoms with Crippen LogP contribution in [0.1, 0.15) is 21.1 Å². The first-order valence-corrected chi connectivity index (χ1v) is 15.1. The number of pyridine rings is 1. The Bertz CT molecular complexity index is 1580. The van der Waals surface area contributed by atoms with Gasteiger partial charge in [-0.1, -0.05) is 59.8 Å². The summed E-state index contributed by atoms with van der Waals surface area (Å²) in [6.45, 7) is 4.02. The number of benzene rings is 2. The Kier molecular flexibility index (Phi) is 8.19. The van der Waals surface area contributed by atoms with Gasteiger partial charge in [-0.3, -0.25) is 19.2 Å². The third kappa shape index (κ3) is 6.10. The third-order valence-electron chi connectivity index (χ3n) is 6.64. The Hall–Kier alpha value is -3.57. The summed E-state index contributed by atoms with van der Waals surface area (Å²) in [4.78, 5) is 26.3. The van der Waals surface area contributed by atoms with Crippen LogP contribution in [0.5, 0.6) is 0 Å². The largest absolute Gasteiger partial charge is 0.335 e. The van der Waals surface area contributed by atoms with E-state index in [0.29, 0.717) is 40.5 Å². The van der Waals surface area contributed by atoms with E-state index in [4.69, 9.17) is 11.6 Å². The van der Waals surface area contributed by atoms with Crippen LogP contribution in [0.15, 0.2) is 89.7 Å². The maximum Gasteiger partial charge on any atom is 0.273 e. The molecule has 0 saturated carbocycles. The Labute approximate surface area is 245 Å². The van der Waals surface area contributed by atoms with Gasteiger partial charge in [-0.25, -0.2) is 4.98 Å². The van der Waals surface area contributed by atoms with Crippen molar-refractivity contribution in [2.24, 2.45) is 0 Å².